The minimum Gasteiger partial charge on any atom is -0.353 e. The maximum Gasteiger partial charge on any atom is 0.416 e. The van der Waals surface area contributed by atoms with E-state index < -0.39 is 29.4 Å². The van der Waals surface area contributed by atoms with Crippen molar-refractivity contribution < 1.29 is 26.7 Å². The molecule has 1 aliphatic rings. The first-order valence-electron chi connectivity index (χ1n) is 16.3. The van der Waals surface area contributed by atoms with E-state index in [1.54, 1.807) is 12.1 Å². The number of halogens is 5. The molecule has 0 bridgehead atoms. The number of hydrogen-bond donors (Lipinski definition) is 1. The van der Waals surface area contributed by atoms with Gasteiger partial charge in [0.25, 0.3) is 5.56 Å². The average molecular weight is 667 g/mol. The Morgan fingerprint density at radius 3 is 2.25 bits per heavy atom. The maximum absolute atomic E-state index is 14.6. The van der Waals surface area contributed by atoms with Gasteiger partial charge in [0, 0.05) is 37.2 Å². The Hall–Kier alpha value is -4.38. The minimum atomic E-state index is -4.43. The first-order valence-corrected chi connectivity index (χ1v) is 16.3. The van der Waals surface area contributed by atoms with Crippen molar-refractivity contribution in [1.82, 2.24) is 19.8 Å². The Morgan fingerprint density at radius 1 is 0.938 bits per heavy atom. The Bertz CT molecular complexity index is 1780. The van der Waals surface area contributed by atoms with E-state index in [-0.39, 0.29) is 36.3 Å². The van der Waals surface area contributed by atoms with Gasteiger partial charge in [-0.05, 0) is 79.2 Å². The highest BCUT2D eigenvalue weighted by Gasteiger charge is 2.31. The van der Waals surface area contributed by atoms with Crippen molar-refractivity contribution in [1.29, 1.82) is 0 Å². The molecule has 1 amide bonds. The number of nitrogens with zero attached hydrogens (tertiary/aromatic N) is 3. The van der Waals surface area contributed by atoms with Gasteiger partial charge in [-0.15, -0.1) is 0 Å². The molecule has 1 unspecified atom stereocenters. The number of aromatic nitrogens is 2. The average Bonchev–Trinajstić information content (AvgIpc) is 3.57. The second kappa shape index (κ2) is 15.2. The normalized spacial score (nSPS) is 13.5. The van der Waals surface area contributed by atoms with Gasteiger partial charge >= 0.3 is 6.18 Å². The fourth-order valence-corrected chi connectivity index (χ4v) is 6.36. The maximum atomic E-state index is 14.6. The molecule has 1 heterocycles. The molecule has 5 rings (SSSR count). The number of hydrogen-bond acceptors (Lipinski definition) is 4. The molecule has 3 aromatic carbocycles. The third-order valence-corrected chi connectivity index (χ3v) is 9.06. The van der Waals surface area contributed by atoms with Gasteiger partial charge in [-0.3, -0.25) is 9.59 Å². The van der Waals surface area contributed by atoms with Crippen LogP contribution >= 0.6 is 0 Å². The largest absolute Gasteiger partial charge is 0.416 e. The Labute approximate surface area is 276 Å². The molecular formula is C37H39F5N4O2. The van der Waals surface area contributed by atoms with Crippen molar-refractivity contribution in [2.24, 2.45) is 0 Å². The molecule has 48 heavy (non-hydrogen) atoms. The molecular weight excluding hydrogens is 627 g/mol. The number of fused-ring (bicyclic) bond motifs is 1. The van der Waals surface area contributed by atoms with Crippen LogP contribution in [0.5, 0.6) is 0 Å². The van der Waals surface area contributed by atoms with E-state index in [4.69, 9.17) is 0 Å². The molecule has 1 aliphatic carbocycles. The molecule has 1 atom stereocenters. The van der Waals surface area contributed by atoms with Crippen molar-refractivity contribution in [2.45, 2.75) is 64.6 Å². The summed E-state index contributed by atoms with van der Waals surface area (Å²) < 4.78 is 69.6. The summed E-state index contributed by atoms with van der Waals surface area (Å²) >= 11 is 0. The Balaban J connectivity index is 1.49. The smallest absolute Gasteiger partial charge is 0.353 e. The van der Waals surface area contributed by atoms with E-state index in [1.165, 1.54) is 24.3 Å². The van der Waals surface area contributed by atoms with Crippen molar-refractivity contribution in [2.75, 3.05) is 26.2 Å². The third kappa shape index (κ3) is 8.01. The molecule has 0 fully saturated rings. The standard InChI is InChI=1S/C37H39F5N4O2/c1-3-45(4-2)22-21-43-36(48)32(23-24-11-13-25(14-12-24)26-15-18-28(19-16-26)37(40,41)42)46-31-10-6-8-29(31)35(47)44-33(46)20-17-27-7-5-9-30(38)34(27)39/h5,7,9,11-16,18-19,32H,3-4,6,8,10,17,20-23H2,1-2H3,(H,43,48). The zero-order chi connectivity index (χ0) is 34.4. The lowest BCUT2D eigenvalue weighted by Gasteiger charge is -2.27. The second-order valence-electron chi connectivity index (χ2n) is 12.0. The first kappa shape index (κ1) is 34.9. The van der Waals surface area contributed by atoms with Crippen LogP contribution in [0.4, 0.5) is 22.0 Å². The lowest BCUT2D eigenvalue weighted by molar-refractivity contribution is -0.137. The number of carbonyl (C=O) groups excluding carboxylic acids is 1. The highest BCUT2D eigenvalue weighted by Crippen LogP contribution is 2.32. The summed E-state index contributed by atoms with van der Waals surface area (Å²) in [6.07, 6.45) is -2.16. The predicted molar refractivity (Wildman–Crippen MR) is 175 cm³/mol. The van der Waals surface area contributed by atoms with Crippen LogP contribution in [-0.2, 0) is 43.1 Å². The van der Waals surface area contributed by atoms with Gasteiger partial charge in [-0.25, -0.2) is 8.78 Å². The SMILES string of the molecule is CCN(CC)CCNC(=O)C(Cc1ccc(-c2ccc(C(F)(F)F)cc2)cc1)n1c(CCc2cccc(F)c2F)nc(=O)c2c1CCC2. The number of amides is 1. The number of carbonyl (C=O) groups is 1. The van der Waals surface area contributed by atoms with Crippen LogP contribution in [0.3, 0.4) is 0 Å². The van der Waals surface area contributed by atoms with E-state index in [9.17, 15) is 31.5 Å². The number of likely N-dealkylation sites (N-methyl/N-ethyl adjacent to an activating group) is 1. The Kier molecular flexibility index (Phi) is 11.1. The summed E-state index contributed by atoms with van der Waals surface area (Å²) in [5, 5.41) is 3.07. The predicted octanol–water partition coefficient (Wildman–Crippen LogP) is 6.72. The number of alkyl halides is 3. The molecule has 0 spiro atoms. The van der Waals surface area contributed by atoms with Crippen molar-refractivity contribution >= 4 is 5.91 Å². The van der Waals surface area contributed by atoms with Crippen LogP contribution in [-0.4, -0.2) is 46.5 Å². The highest BCUT2D eigenvalue weighted by atomic mass is 19.4. The van der Waals surface area contributed by atoms with Gasteiger partial charge in [0.2, 0.25) is 5.91 Å². The summed E-state index contributed by atoms with van der Waals surface area (Å²) in [4.78, 5) is 33.7. The minimum absolute atomic E-state index is 0.0763. The summed E-state index contributed by atoms with van der Waals surface area (Å²) in [6.45, 7) is 6.82. The molecule has 1 aromatic heterocycles. The van der Waals surface area contributed by atoms with Crippen LogP contribution in [0.15, 0.2) is 71.5 Å². The lowest BCUT2D eigenvalue weighted by Crippen LogP contribution is -2.41. The van der Waals surface area contributed by atoms with Crippen molar-refractivity contribution in [3.8, 4) is 11.1 Å². The van der Waals surface area contributed by atoms with Gasteiger partial charge in [-0.2, -0.15) is 18.2 Å². The zero-order valence-corrected chi connectivity index (χ0v) is 27.0. The quantitative estimate of drug-likeness (QED) is 0.161. The third-order valence-electron chi connectivity index (χ3n) is 9.06. The van der Waals surface area contributed by atoms with Crippen LogP contribution in [0.25, 0.3) is 11.1 Å². The number of benzene rings is 3. The van der Waals surface area contributed by atoms with Gasteiger partial charge in [0.15, 0.2) is 11.6 Å². The molecule has 6 nitrogen and oxygen atoms in total. The summed E-state index contributed by atoms with van der Waals surface area (Å²) in [5.74, 6) is -1.84. The number of nitrogens with one attached hydrogen (secondary N) is 1. The van der Waals surface area contributed by atoms with E-state index in [0.29, 0.717) is 42.9 Å². The lowest BCUT2D eigenvalue weighted by atomic mass is 9.98. The molecule has 1 N–H and O–H groups in total. The van der Waals surface area contributed by atoms with Crippen LogP contribution in [0.2, 0.25) is 0 Å². The second-order valence-corrected chi connectivity index (χ2v) is 12.0. The van der Waals surface area contributed by atoms with Gasteiger partial charge in [0.1, 0.15) is 11.9 Å². The number of rotatable bonds is 13. The molecule has 0 aliphatic heterocycles. The monoisotopic (exact) mass is 666 g/mol. The first-order chi connectivity index (χ1) is 23.0. The number of aryl methyl sites for hydroxylation is 2. The topological polar surface area (TPSA) is 67.2 Å². The van der Waals surface area contributed by atoms with Crippen LogP contribution in [0, 0.1) is 11.6 Å². The molecule has 0 radical (unpaired) electrons. The van der Waals surface area contributed by atoms with E-state index >= 15 is 0 Å². The van der Waals surface area contributed by atoms with Gasteiger partial charge in [0.05, 0.1) is 5.56 Å². The molecule has 0 saturated heterocycles. The summed E-state index contributed by atoms with van der Waals surface area (Å²) in [5.41, 5.74) is 2.48. The fraction of sp³-hybridized carbons (Fsp3) is 0.378. The van der Waals surface area contributed by atoms with E-state index in [1.807, 2.05) is 30.5 Å². The van der Waals surface area contributed by atoms with Crippen LogP contribution < -0.4 is 10.9 Å². The molecule has 0 saturated carbocycles. The van der Waals surface area contributed by atoms with Crippen LogP contribution in [0.1, 0.15) is 60.1 Å². The van der Waals surface area contributed by atoms with E-state index in [0.717, 1.165) is 54.5 Å². The van der Waals surface area contributed by atoms with Crippen molar-refractivity contribution in [3.05, 3.63) is 122 Å². The van der Waals surface area contributed by atoms with E-state index in [2.05, 4.69) is 15.2 Å². The summed E-state index contributed by atoms with van der Waals surface area (Å²) in [7, 11) is 0. The fourth-order valence-electron chi connectivity index (χ4n) is 6.36. The summed E-state index contributed by atoms with van der Waals surface area (Å²) in [6, 6.07) is 15.4. The van der Waals surface area contributed by atoms with Gasteiger partial charge < -0.3 is 14.8 Å². The Morgan fingerprint density at radius 2 is 1.60 bits per heavy atom. The zero-order valence-electron chi connectivity index (χ0n) is 27.0. The molecule has 11 heteroatoms. The van der Waals surface area contributed by atoms with Crippen molar-refractivity contribution in [3.63, 3.8) is 0 Å². The molecule has 4 aromatic rings. The molecule has 254 valence electrons. The van der Waals surface area contributed by atoms with Gasteiger partial charge in [-0.1, -0.05) is 62.4 Å². The highest BCUT2D eigenvalue weighted by molar-refractivity contribution is 5.81.